The van der Waals surface area contributed by atoms with E-state index in [9.17, 15) is 4.79 Å². The zero-order valence-electron chi connectivity index (χ0n) is 15.0. The number of aryl methyl sites for hydroxylation is 1. The molecule has 0 atom stereocenters. The number of methoxy groups -OCH3 is 1. The van der Waals surface area contributed by atoms with Crippen LogP contribution in [0.4, 0.5) is 10.8 Å². The van der Waals surface area contributed by atoms with Crippen LogP contribution in [0, 0.1) is 0 Å². The van der Waals surface area contributed by atoms with Gasteiger partial charge in [-0.2, -0.15) is 0 Å². The van der Waals surface area contributed by atoms with E-state index in [1.54, 1.807) is 30.2 Å². The molecule has 2 heterocycles. The quantitative estimate of drug-likeness (QED) is 0.528. The fourth-order valence-electron chi connectivity index (χ4n) is 2.29. The van der Waals surface area contributed by atoms with Gasteiger partial charge in [0.25, 0.3) is 0 Å². The van der Waals surface area contributed by atoms with Gasteiger partial charge in [0.05, 0.1) is 12.8 Å². The SMILES string of the molecule is COc1ccc(Nc2nc(CSc3nnc(CCC(N)=O)n3C)cs2)cc1. The lowest BCUT2D eigenvalue weighted by molar-refractivity contribution is -0.118. The Labute approximate surface area is 165 Å². The van der Waals surface area contributed by atoms with E-state index in [0.717, 1.165) is 33.2 Å². The van der Waals surface area contributed by atoms with Gasteiger partial charge in [-0.05, 0) is 24.3 Å². The molecule has 2 aromatic heterocycles. The molecule has 1 aromatic carbocycles. The molecule has 27 heavy (non-hydrogen) atoms. The Morgan fingerprint density at radius 3 is 2.81 bits per heavy atom. The normalized spacial score (nSPS) is 10.7. The van der Waals surface area contributed by atoms with Crippen molar-refractivity contribution in [2.45, 2.75) is 23.8 Å². The molecule has 0 saturated carbocycles. The lowest BCUT2D eigenvalue weighted by Gasteiger charge is -2.04. The van der Waals surface area contributed by atoms with E-state index >= 15 is 0 Å². The molecule has 0 unspecified atom stereocenters. The average Bonchev–Trinajstić information content (AvgIpc) is 3.25. The number of nitrogens with two attached hydrogens (primary N) is 1. The maximum absolute atomic E-state index is 10.9. The van der Waals surface area contributed by atoms with Gasteiger partial charge in [-0.1, -0.05) is 11.8 Å². The summed E-state index contributed by atoms with van der Waals surface area (Å²) in [6.07, 6.45) is 0.759. The molecular weight excluding hydrogens is 384 g/mol. The molecule has 3 N–H and O–H groups in total. The van der Waals surface area contributed by atoms with Crippen molar-refractivity contribution in [3.8, 4) is 5.75 Å². The molecular formula is C17H20N6O2S2. The summed E-state index contributed by atoms with van der Waals surface area (Å²) in [5, 5.41) is 15.2. The Morgan fingerprint density at radius 2 is 2.11 bits per heavy atom. The van der Waals surface area contributed by atoms with Crippen molar-refractivity contribution in [1.29, 1.82) is 0 Å². The number of carbonyl (C=O) groups excluding carboxylic acids is 1. The van der Waals surface area contributed by atoms with E-state index in [4.69, 9.17) is 10.5 Å². The van der Waals surface area contributed by atoms with Crippen LogP contribution in [0.15, 0.2) is 34.8 Å². The highest BCUT2D eigenvalue weighted by Gasteiger charge is 2.11. The number of primary amides is 1. The minimum absolute atomic E-state index is 0.267. The topological polar surface area (TPSA) is 108 Å². The summed E-state index contributed by atoms with van der Waals surface area (Å²) in [7, 11) is 3.53. The van der Waals surface area contributed by atoms with E-state index in [2.05, 4.69) is 20.5 Å². The van der Waals surface area contributed by atoms with Gasteiger partial charge in [-0.3, -0.25) is 4.79 Å². The van der Waals surface area contributed by atoms with E-state index < -0.39 is 0 Å². The first-order valence-corrected chi connectivity index (χ1v) is 10.1. The molecule has 0 aliphatic carbocycles. The number of nitrogens with one attached hydrogen (secondary N) is 1. The number of aromatic nitrogens is 4. The minimum Gasteiger partial charge on any atom is -0.497 e. The second kappa shape index (κ2) is 8.87. The number of hydrogen-bond acceptors (Lipinski definition) is 8. The van der Waals surface area contributed by atoms with E-state index in [-0.39, 0.29) is 12.3 Å². The predicted molar refractivity (Wildman–Crippen MR) is 106 cm³/mol. The molecule has 142 valence electrons. The fourth-order valence-corrected chi connectivity index (χ4v) is 3.95. The number of amides is 1. The van der Waals surface area contributed by atoms with Crippen LogP contribution in [-0.2, 0) is 24.0 Å². The highest BCUT2D eigenvalue weighted by atomic mass is 32.2. The highest BCUT2D eigenvalue weighted by molar-refractivity contribution is 7.98. The largest absolute Gasteiger partial charge is 0.497 e. The van der Waals surface area contributed by atoms with Crippen molar-refractivity contribution < 1.29 is 9.53 Å². The lowest BCUT2D eigenvalue weighted by Crippen LogP contribution is -2.12. The molecule has 3 aromatic rings. The predicted octanol–water partition coefficient (Wildman–Crippen LogP) is 2.73. The third-order valence-corrected chi connectivity index (χ3v) is 5.62. The number of thioether (sulfide) groups is 1. The molecule has 0 saturated heterocycles. The van der Waals surface area contributed by atoms with Gasteiger partial charge in [-0.15, -0.1) is 21.5 Å². The molecule has 1 amide bonds. The molecule has 10 heteroatoms. The first-order valence-electron chi connectivity index (χ1n) is 8.20. The average molecular weight is 405 g/mol. The van der Waals surface area contributed by atoms with Crippen molar-refractivity contribution >= 4 is 39.8 Å². The molecule has 0 radical (unpaired) electrons. The summed E-state index contributed by atoms with van der Waals surface area (Å²) in [5.41, 5.74) is 7.10. The Bertz CT molecular complexity index is 907. The summed E-state index contributed by atoms with van der Waals surface area (Å²) >= 11 is 3.10. The van der Waals surface area contributed by atoms with Gasteiger partial charge >= 0.3 is 0 Å². The molecule has 0 aliphatic rings. The fraction of sp³-hybridized carbons (Fsp3) is 0.294. The zero-order valence-corrected chi connectivity index (χ0v) is 16.6. The number of carbonyl (C=O) groups is 1. The summed E-state index contributed by atoms with van der Waals surface area (Å²) in [5.74, 6) is 1.90. The maximum Gasteiger partial charge on any atom is 0.217 e. The van der Waals surface area contributed by atoms with Crippen LogP contribution in [0.2, 0.25) is 0 Å². The highest BCUT2D eigenvalue weighted by Crippen LogP contribution is 2.26. The number of rotatable bonds is 9. The first-order chi connectivity index (χ1) is 13.0. The standard InChI is InChI=1S/C17H20N6O2S2/c1-23-15(8-7-14(18)24)21-22-17(23)27-10-12-9-26-16(20-12)19-11-3-5-13(25-2)6-4-11/h3-6,9H,7-8,10H2,1-2H3,(H2,18,24)(H,19,20). The number of nitrogens with zero attached hydrogens (tertiary/aromatic N) is 4. The van der Waals surface area contributed by atoms with Gasteiger partial charge < -0.3 is 20.4 Å². The van der Waals surface area contributed by atoms with Gasteiger partial charge in [-0.25, -0.2) is 4.98 Å². The number of ether oxygens (including phenoxy) is 1. The second-order valence-corrected chi connectivity index (χ2v) is 7.51. The van der Waals surface area contributed by atoms with Crippen LogP contribution < -0.4 is 15.8 Å². The van der Waals surface area contributed by atoms with Crippen molar-refractivity contribution in [2.75, 3.05) is 12.4 Å². The van der Waals surface area contributed by atoms with E-state index in [1.165, 1.54) is 0 Å². The van der Waals surface area contributed by atoms with Gasteiger partial charge in [0.1, 0.15) is 11.6 Å². The van der Waals surface area contributed by atoms with Gasteiger partial charge in [0.15, 0.2) is 10.3 Å². The number of thiazole rings is 1. The van der Waals surface area contributed by atoms with Gasteiger partial charge in [0, 0.05) is 36.7 Å². The number of anilines is 2. The molecule has 0 spiro atoms. The van der Waals surface area contributed by atoms with E-state index in [1.807, 2.05) is 41.3 Å². The third-order valence-electron chi connectivity index (χ3n) is 3.76. The molecule has 0 bridgehead atoms. The smallest absolute Gasteiger partial charge is 0.217 e. The van der Waals surface area contributed by atoms with Crippen LogP contribution in [0.3, 0.4) is 0 Å². The number of hydrogen-bond donors (Lipinski definition) is 2. The monoisotopic (exact) mass is 404 g/mol. The Kier molecular flexibility index (Phi) is 6.30. The van der Waals surface area contributed by atoms with Crippen LogP contribution in [0.5, 0.6) is 5.75 Å². The zero-order chi connectivity index (χ0) is 19.2. The Hall–Kier alpha value is -2.59. The maximum atomic E-state index is 10.9. The third kappa shape index (κ3) is 5.20. The second-order valence-electron chi connectivity index (χ2n) is 5.71. The van der Waals surface area contributed by atoms with Gasteiger partial charge in [0.2, 0.25) is 5.91 Å². The summed E-state index contributed by atoms with van der Waals surface area (Å²) in [4.78, 5) is 15.5. The minimum atomic E-state index is -0.341. The van der Waals surface area contributed by atoms with Crippen molar-refractivity contribution in [3.63, 3.8) is 0 Å². The molecule has 8 nitrogen and oxygen atoms in total. The molecule has 0 fully saturated rings. The van der Waals surface area contributed by atoms with Crippen LogP contribution in [-0.4, -0.2) is 32.8 Å². The molecule has 0 aliphatic heterocycles. The van der Waals surface area contributed by atoms with Crippen molar-refractivity contribution in [3.05, 3.63) is 41.2 Å². The lowest BCUT2D eigenvalue weighted by atomic mass is 10.3. The summed E-state index contributed by atoms with van der Waals surface area (Å²) in [6.45, 7) is 0. The van der Waals surface area contributed by atoms with Crippen LogP contribution in [0.1, 0.15) is 17.9 Å². The molecule has 3 rings (SSSR count). The first kappa shape index (κ1) is 19.2. The Balaban J connectivity index is 1.55. The number of benzene rings is 1. The van der Waals surface area contributed by atoms with Crippen LogP contribution in [0.25, 0.3) is 0 Å². The Morgan fingerprint density at radius 1 is 1.33 bits per heavy atom. The summed E-state index contributed by atoms with van der Waals surface area (Å²) in [6, 6.07) is 7.69. The van der Waals surface area contributed by atoms with Crippen LogP contribution >= 0.6 is 23.1 Å². The van der Waals surface area contributed by atoms with E-state index in [0.29, 0.717) is 12.2 Å². The summed E-state index contributed by atoms with van der Waals surface area (Å²) < 4.78 is 7.04. The van der Waals surface area contributed by atoms with Crippen molar-refractivity contribution in [2.24, 2.45) is 12.8 Å². The van der Waals surface area contributed by atoms with Crippen molar-refractivity contribution in [1.82, 2.24) is 19.7 Å².